The first-order valence-electron chi connectivity index (χ1n) is 3.08. The van der Waals surface area contributed by atoms with Gasteiger partial charge in [-0.05, 0) is 0 Å². The van der Waals surface area contributed by atoms with E-state index in [2.05, 4.69) is 19.8 Å². The van der Waals surface area contributed by atoms with Crippen molar-refractivity contribution in [1.82, 2.24) is 0 Å². The molecule has 8 heavy (non-hydrogen) atoms. The van der Waals surface area contributed by atoms with Crippen LogP contribution in [0.15, 0.2) is 0 Å². The zero-order valence-electron chi connectivity index (χ0n) is 6.36. The van der Waals surface area contributed by atoms with Crippen LogP contribution in [-0.4, -0.2) is 10.2 Å². The van der Waals surface area contributed by atoms with Crippen LogP contribution in [0.1, 0.15) is 27.2 Å². The van der Waals surface area contributed by atoms with E-state index >= 15 is 0 Å². The molecule has 0 saturated heterocycles. The first-order chi connectivity index (χ1) is 3.65. The molecule has 1 heteroatoms. The van der Waals surface area contributed by atoms with Crippen molar-refractivity contribution in [3.8, 4) is 12.3 Å². The van der Waals surface area contributed by atoms with Crippen LogP contribution < -0.4 is 0 Å². The summed E-state index contributed by atoms with van der Waals surface area (Å²) in [6.07, 6.45) is 5.62. The SMILES string of the molecule is C#CCC.CC(C)[SiH3]. The molecule has 0 N–H and O–H groups in total. The molecule has 0 aromatic carbocycles. The lowest BCUT2D eigenvalue weighted by Crippen LogP contribution is -1.67. The van der Waals surface area contributed by atoms with Gasteiger partial charge in [-0.1, -0.05) is 26.3 Å². The highest BCUT2D eigenvalue weighted by Gasteiger charge is 1.68. The van der Waals surface area contributed by atoms with E-state index in [4.69, 9.17) is 6.42 Å². The molecule has 0 bridgehead atoms. The molecular weight excluding hydrogens is 112 g/mol. The maximum Gasteiger partial charge on any atom is 0.00602 e. The summed E-state index contributed by atoms with van der Waals surface area (Å²) in [4.78, 5) is 0. The molecule has 0 spiro atoms. The Labute approximate surface area is 56.1 Å². The summed E-state index contributed by atoms with van der Waals surface area (Å²) in [5.41, 5.74) is 0.972. The van der Waals surface area contributed by atoms with Crippen molar-refractivity contribution in [2.45, 2.75) is 32.7 Å². The molecule has 0 aliphatic heterocycles. The van der Waals surface area contributed by atoms with Crippen molar-refractivity contribution >= 4 is 10.2 Å². The Balaban J connectivity index is 0. The van der Waals surface area contributed by atoms with Crippen molar-refractivity contribution in [2.75, 3.05) is 0 Å². The molecule has 0 fully saturated rings. The second-order valence-corrected chi connectivity index (χ2v) is 4.60. The average Bonchev–Trinajstić information content (AvgIpc) is 1.65. The molecule has 0 unspecified atom stereocenters. The molecule has 0 nitrogen and oxygen atoms in total. The molecule has 0 aliphatic carbocycles. The monoisotopic (exact) mass is 128 g/mol. The van der Waals surface area contributed by atoms with E-state index in [1.54, 1.807) is 0 Å². The summed E-state index contributed by atoms with van der Waals surface area (Å²) in [5.74, 6) is 2.43. The zero-order chi connectivity index (χ0) is 6.99. The highest BCUT2D eigenvalue weighted by molar-refractivity contribution is 6.10. The van der Waals surface area contributed by atoms with Gasteiger partial charge in [0.1, 0.15) is 0 Å². The van der Waals surface area contributed by atoms with Gasteiger partial charge in [0.05, 0.1) is 0 Å². The van der Waals surface area contributed by atoms with Crippen LogP contribution in [0.25, 0.3) is 0 Å². The van der Waals surface area contributed by atoms with Crippen LogP contribution >= 0.6 is 0 Å². The molecule has 0 saturated carbocycles. The summed E-state index contributed by atoms with van der Waals surface area (Å²) in [6.45, 7) is 6.40. The van der Waals surface area contributed by atoms with Crippen LogP contribution in [0.5, 0.6) is 0 Å². The zero-order valence-corrected chi connectivity index (χ0v) is 8.36. The van der Waals surface area contributed by atoms with Crippen molar-refractivity contribution in [3.63, 3.8) is 0 Å². The third kappa shape index (κ3) is 218. The fourth-order valence-corrected chi connectivity index (χ4v) is 0. The minimum atomic E-state index is 0.847. The van der Waals surface area contributed by atoms with E-state index in [0.29, 0.717) is 0 Å². The maximum atomic E-state index is 4.78. The lowest BCUT2D eigenvalue weighted by atomic mass is 10.5. The van der Waals surface area contributed by atoms with E-state index in [1.807, 2.05) is 6.92 Å². The smallest absolute Gasteiger partial charge is 0.00602 e. The molecule has 0 amide bonds. The molecule has 0 aromatic rings. The summed E-state index contributed by atoms with van der Waals surface area (Å²) < 4.78 is 0. The molecule has 0 radical (unpaired) electrons. The van der Waals surface area contributed by atoms with Gasteiger partial charge >= 0.3 is 0 Å². The number of terminal acetylenes is 1. The Morgan fingerprint density at radius 1 is 1.62 bits per heavy atom. The van der Waals surface area contributed by atoms with E-state index in [0.717, 1.165) is 12.0 Å². The van der Waals surface area contributed by atoms with Gasteiger partial charge < -0.3 is 0 Å². The van der Waals surface area contributed by atoms with Crippen molar-refractivity contribution in [1.29, 1.82) is 0 Å². The second-order valence-electron chi connectivity index (χ2n) is 2.29. The number of hydrogen-bond donors (Lipinski definition) is 0. The van der Waals surface area contributed by atoms with Gasteiger partial charge in [0.15, 0.2) is 0 Å². The van der Waals surface area contributed by atoms with Gasteiger partial charge in [0, 0.05) is 16.7 Å². The lowest BCUT2D eigenvalue weighted by molar-refractivity contribution is 1.08. The van der Waals surface area contributed by atoms with Crippen molar-refractivity contribution < 1.29 is 0 Å². The predicted octanol–water partition coefficient (Wildman–Crippen LogP) is 1.21. The van der Waals surface area contributed by atoms with Crippen LogP contribution in [0.2, 0.25) is 5.54 Å². The topological polar surface area (TPSA) is 0 Å². The fourth-order valence-electron chi connectivity index (χ4n) is 0. The minimum absolute atomic E-state index is 0.847. The quantitative estimate of drug-likeness (QED) is 0.340. The molecule has 0 heterocycles. The third-order valence-corrected chi connectivity index (χ3v) is 0.204. The van der Waals surface area contributed by atoms with E-state index in [9.17, 15) is 0 Å². The van der Waals surface area contributed by atoms with Gasteiger partial charge in [-0.2, -0.15) is 0 Å². The Morgan fingerprint density at radius 3 is 1.75 bits per heavy atom. The van der Waals surface area contributed by atoms with E-state index in [-0.39, 0.29) is 0 Å². The largest absolute Gasteiger partial charge is 0.120 e. The average molecular weight is 128 g/mol. The van der Waals surface area contributed by atoms with Crippen LogP contribution in [0.3, 0.4) is 0 Å². The molecule has 0 atom stereocenters. The van der Waals surface area contributed by atoms with Crippen LogP contribution in [0, 0.1) is 12.3 Å². The fraction of sp³-hybridized carbons (Fsp3) is 0.714. The Kier molecular flexibility index (Phi) is 13.3. The van der Waals surface area contributed by atoms with Crippen molar-refractivity contribution in [3.05, 3.63) is 0 Å². The lowest BCUT2D eigenvalue weighted by Gasteiger charge is -1.78. The summed E-state index contributed by atoms with van der Waals surface area (Å²) in [5, 5.41) is 0. The van der Waals surface area contributed by atoms with Crippen molar-refractivity contribution in [2.24, 2.45) is 0 Å². The third-order valence-electron chi connectivity index (χ3n) is 0.204. The first kappa shape index (κ1) is 10.7. The molecule has 48 valence electrons. The summed E-state index contributed by atoms with van der Waals surface area (Å²) >= 11 is 0. The van der Waals surface area contributed by atoms with Crippen LogP contribution in [-0.2, 0) is 0 Å². The van der Waals surface area contributed by atoms with Gasteiger partial charge in [-0.25, -0.2) is 0 Å². The predicted molar refractivity (Wildman–Crippen MR) is 44.2 cm³/mol. The molecular formula is C7H16Si. The molecule has 0 aliphatic rings. The van der Waals surface area contributed by atoms with Gasteiger partial charge in [-0.3, -0.25) is 0 Å². The van der Waals surface area contributed by atoms with Crippen LogP contribution in [0.4, 0.5) is 0 Å². The first-order valence-corrected chi connectivity index (χ1v) is 4.24. The van der Waals surface area contributed by atoms with E-state index < -0.39 is 0 Å². The standard InChI is InChI=1S/C4H6.C3H10Si/c1-3-4-2;1-3(2)4/h1H,4H2,2H3;3H,1-2,4H3. The van der Waals surface area contributed by atoms with Gasteiger partial charge in [-0.15, -0.1) is 12.3 Å². The maximum absolute atomic E-state index is 4.78. The highest BCUT2D eigenvalue weighted by Crippen LogP contribution is 1.84. The molecule has 0 aromatic heterocycles. The Hall–Kier alpha value is -0.223. The number of rotatable bonds is 0. The Morgan fingerprint density at radius 2 is 1.75 bits per heavy atom. The summed E-state index contributed by atoms with van der Waals surface area (Å²) in [6, 6.07) is 0. The molecule has 0 rings (SSSR count). The minimum Gasteiger partial charge on any atom is -0.120 e. The summed E-state index contributed by atoms with van der Waals surface area (Å²) in [7, 11) is 1.35. The van der Waals surface area contributed by atoms with Gasteiger partial charge in [0.2, 0.25) is 0 Å². The second kappa shape index (κ2) is 9.91. The van der Waals surface area contributed by atoms with Gasteiger partial charge in [0.25, 0.3) is 0 Å². The highest BCUT2D eigenvalue weighted by atomic mass is 28.1. The Bertz CT molecular complexity index is 56.5. The normalized spacial score (nSPS) is 7.38. The number of hydrogen-bond acceptors (Lipinski definition) is 0. The van der Waals surface area contributed by atoms with E-state index in [1.165, 1.54) is 10.2 Å².